The van der Waals surface area contributed by atoms with Crippen LogP contribution >= 0.6 is 39.1 Å². The fraction of sp³-hybridized carbons (Fsp3) is 0. The second-order valence-corrected chi connectivity index (χ2v) is 5.20. The normalized spacial score (nSPS) is 10.1. The first kappa shape index (κ1) is 14.7. The highest BCUT2D eigenvalue weighted by Crippen LogP contribution is 2.34. The van der Waals surface area contributed by atoms with Gasteiger partial charge in [0.1, 0.15) is 10.7 Å². The molecule has 0 unspecified atom stereocenters. The van der Waals surface area contributed by atoms with Crippen molar-refractivity contribution in [3.63, 3.8) is 0 Å². The maximum atomic E-state index is 11.6. The fourth-order valence-electron chi connectivity index (χ4n) is 1.67. The molecule has 1 amide bonds. The Bertz CT molecular complexity index is 758. The Morgan fingerprint density at radius 1 is 1.35 bits per heavy atom. The molecule has 0 aliphatic heterocycles. The van der Waals surface area contributed by atoms with Gasteiger partial charge in [-0.1, -0.05) is 33.6 Å². The highest BCUT2D eigenvalue weighted by molar-refractivity contribution is 9.10. The summed E-state index contributed by atoms with van der Waals surface area (Å²) in [5, 5.41) is 8.87. The average Bonchev–Trinajstić information content (AvgIpc) is 2.36. The van der Waals surface area contributed by atoms with Crippen molar-refractivity contribution in [2.75, 3.05) is 0 Å². The lowest BCUT2D eigenvalue weighted by molar-refractivity contribution is 0.100. The molecule has 2 rings (SSSR count). The Balaban J connectivity index is 2.90. The third-order valence-corrected chi connectivity index (χ3v) is 3.56. The number of primary amides is 1. The molecule has 0 atom stereocenters. The van der Waals surface area contributed by atoms with E-state index < -0.39 is 5.91 Å². The molecule has 1 heterocycles. The van der Waals surface area contributed by atoms with Crippen molar-refractivity contribution in [2.45, 2.75) is 0 Å². The number of nitrogens with two attached hydrogens (primary N) is 1. The van der Waals surface area contributed by atoms with Gasteiger partial charge in [-0.15, -0.1) is 0 Å². The molecule has 2 aromatic rings. The van der Waals surface area contributed by atoms with E-state index in [0.29, 0.717) is 15.6 Å². The Morgan fingerprint density at radius 2 is 2.05 bits per heavy atom. The second kappa shape index (κ2) is 5.75. The third kappa shape index (κ3) is 2.61. The van der Waals surface area contributed by atoms with Gasteiger partial charge < -0.3 is 5.73 Å². The Morgan fingerprint density at radius 3 is 2.65 bits per heavy atom. The monoisotopic (exact) mass is 370 g/mol. The third-order valence-electron chi connectivity index (χ3n) is 2.45. The lowest BCUT2D eigenvalue weighted by Crippen LogP contribution is -2.15. The molecule has 0 radical (unpaired) electrons. The molecule has 0 saturated heterocycles. The SMILES string of the molecule is N#Cc1cccc(Br)c1-c1nc(Cl)nc(Cl)c1C(N)=O. The standard InChI is InChI=1S/C12H5BrCl2N4O/c13-6-3-1-2-5(4-16)7(6)9-8(11(17)20)10(14)19-12(15)18-9/h1-3H,(H2,17,20). The Kier molecular flexibility index (Phi) is 4.23. The van der Waals surface area contributed by atoms with E-state index in [-0.39, 0.29) is 21.7 Å². The van der Waals surface area contributed by atoms with Crippen molar-refractivity contribution in [2.24, 2.45) is 5.73 Å². The molecule has 1 aromatic carbocycles. The van der Waals surface area contributed by atoms with E-state index >= 15 is 0 Å². The number of benzene rings is 1. The van der Waals surface area contributed by atoms with Crippen LogP contribution < -0.4 is 5.73 Å². The number of rotatable bonds is 2. The number of halogens is 3. The molecule has 0 saturated carbocycles. The zero-order chi connectivity index (χ0) is 14.9. The molecule has 0 aliphatic rings. The van der Waals surface area contributed by atoms with Crippen LogP contribution in [0.3, 0.4) is 0 Å². The molecule has 0 spiro atoms. The molecule has 2 N–H and O–H groups in total. The number of carbonyl (C=O) groups is 1. The number of aromatic nitrogens is 2. The van der Waals surface area contributed by atoms with Gasteiger partial charge in [-0.25, -0.2) is 9.97 Å². The van der Waals surface area contributed by atoms with Crippen LogP contribution in [0.1, 0.15) is 15.9 Å². The van der Waals surface area contributed by atoms with Gasteiger partial charge in [0.15, 0.2) is 0 Å². The Labute approximate surface area is 132 Å². The van der Waals surface area contributed by atoms with Crippen molar-refractivity contribution in [1.82, 2.24) is 9.97 Å². The summed E-state index contributed by atoms with van der Waals surface area (Å²) >= 11 is 15.0. The molecular formula is C12H5BrCl2N4O. The van der Waals surface area contributed by atoms with E-state index in [1.807, 2.05) is 6.07 Å². The van der Waals surface area contributed by atoms with E-state index in [1.54, 1.807) is 18.2 Å². The zero-order valence-corrected chi connectivity index (χ0v) is 12.8. The van der Waals surface area contributed by atoms with Gasteiger partial charge in [-0.2, -0.15) is 5.26 Å². The summed E-state index contributed by atoms with van der Waals surface area (Å²) in [6.45, 7) is 0. The summed E-state index contributed by atoms with van der Waals surface area (Å²) < 4.78 is 0.560. The minimum absolute atomic E-state index is 0.0838. The molecule has 1 aromatic heterocycles. The van der Waals surface area contributed by atoms with Gasteiger partial charge in [0.05, 0.1) is 17.3 Å². The maximum Gasteiger partial charge on any atom is 0.254 e. The van der Waals surface area contributed by atoms with Crippen LogP contribution in [-0.4, -0.2) is 15.9 Å². The van der Waals surface area contributed by atoms with Gasteiger partial charge in [0.2, 0.25) is 5.28 Å². The predicted molar refractivity (Wildman–Crippen MR) is 78.4 cm³/mol. The summed E-state index contributed by atoms with van der Waals surface area (Å²) in [7, 11) is 0. The lowest BCUT2D eigenvalue weighted by Gasteiger charge is -2.11. The topological polar surface area (TPSA) is 92.7 Å². The smallest absolute Gasteiger partial charge is 0.254 e. The Hall–Kier alpha value is -1.68. The van der Waals surface area contributed by atoms with E-state index in [9.17, 15) is 10.1 Å². The first-order valence-electron chi connectivity index (χ1n) is 5.17. The van der Waals surface area contributed by atoms with E-state index in [1.165, 1.54) is 0 Å². The summed E-state index contributed by atoms with van der Waals surface area (Å²) in [6.07, 6.45) is 0. The van der Waals surface area contributed by atoms with Crippen LogP contribution in [0.4, 0.5) is 0 Å². The average molecular weight is 372 g/mol. The van der Waals surface area contributed by atoms with Gasteiger partial charge in [-0.05, 0) is 23.7 Å². The summed E-state index contributed by atoms with van der Waals surface area (Å²) in [6, 6.07) is 6.97. The highest BCUT2D eigenvalue weighted by Gasteiger charge is 2.22. The van der Waals surface area contributed by atoms with Crippen LogP contribution in [0.2, 0.25) is 10.4 Å². The number of nitriles is 1. The lowest BCUT2D eigenvalue weighted by atomic mass is 10.0. The van der Waals surface area contributed by atoms with Gasteiger partial charge in [0, 0.05) is 10.0 Å². The number of hydrogen-bond acceptors (Lipinski definition) is 4. The zero-order valence-electron chi connectivity index (χ0n) is 9.69. The van der Waals surface area contributed by atoms with Gasteiger partial charge in [-0.3, -0.25) is 4.79 Å². The molecule has 20 heavy (non-hydrogen) atoms. The summed E-state index contributed by atoms with van der Waals surface area (Å²) in [5.41, 5.74) is 6.02. The quantitative estimate of drug-likeness (QED) is 0.648. The first-order chi connectivity index (χ1) is 9.45. The number of nitrogens with zero attached hydrogens (tertiary/aromatic N) is 3. The second-order valence-electron chi connectivity index (χ2n) is 3.65. The summed E-state index contributed by atoms with van der Waals surface area (Å²) in [5.74, 6) is -0.804. The van der Waals surface area contributed by atoms with Crippen molar-refractivity contribution in [1.29, 1.82) is 5.26 Å². The fourth-order valence-corrected chi connectivity index (χ4v) is 2.69. The van der Waals surface area contributed by atoms with Crippen LogP contribution in [-0.2, 0) is 0 Å². The van der Waals surface area contributed by atoms with E-state index in [2.05, 4.69) is 25.9 Å². The van der Waals surface area contributed by atoms with Crippen molar-refractivity contribution < 1.29 is 4.79 Å². The molecule has 0 fully saturated rings. The van der Waals surface area contributed by atoms with Crippen molar-refractivity contribution in [3.8, 4) is 17.3 Å². The van der Waals surface area contributed by atoms with Gasteiger partial charge in [0.25, 0.3) is 5.91 Å². The van der Waals surface area contributed by atoms with Crippen LogP contribution in [0, 0.1) is 11.3 Å². The minimum atomic E-state index is -0.804. The van der Waals surface area contributed by atoms with Crippen molar-refractivity contribution in [3.05, 3.63) is 44.2 Å². The summed E-state index contributed by atoms with van der Waals surface area (Å²) in [4.78, 5) is 19.2. The number of carbonyl (C=O) groups excluding carboxylic acids is 1. The maximum absolute atomic E-state index is 11.6. The van der Waals surface area contributed by atoms with E-state index in [0.717, 1.165) is 0 Å². The first-order valence-corrected chi connectivity index (χ1v) is 6.72. The van der Waals surface area contributed by atoms with Crippen LogP contribution in [0.25, 0.3) is 11.3 Å². The largest absolute Gasteiger partial charge is 0.365 e. The molecule has 5 nitrogen and oxygen atoms in total. The van der Waals surface area contributed by atoms with E-state index in [4.69, 9.17) is 28.9 Å². The molecule has 0 aliphatic carbocycles. The van der Waals surface area contributed by atoms with Gasteiger partial charge >= 0.3 is 0 Å². The molecular weight excluding hydrogens is 367 g/mol. The molecule has 100 valence electrons. The number of hydrogen-bond donors (Lipinski definition) is 1. The molecule has 0 bridgehead atoms. The van der Waals surface area contributed by atoms with Crippen LogP contribution in [0.5, 0.6) is 0 Å². The molecule has 8 heteroatoms. The number of amides is 1. The predicted octanol–water partition coefficient (Wildman–Crippen LogP) is 3.18. The van der Waals surface area contributed by atoms with Crippen molar-refractivity contribution >= 4 is 45.0 Å². The highest BCUT2D eigenvalue weighted by atomic mass is 79.9. The van der Waals surface area contributed by atoms with Crippen LogP contribution in [0.15, 0.2) is 22.7 Å². The minimum Gasteiger partial charge on any atom is -0.365 e.